The first kappa shape index (κ1) is 8.43. The molecule has 2 rings (SSSR count). The zero-order valence-electron chi connectivity index (χ0n) is 6.76. The lowest BCUT2D eigenvalue weighted by atomic mass is 9.99. The van der Waals surface area contributed by atoms with Crippen LogP contribution in [0.15, 0.2) is 0 Å². The van der Waals surface area contributed by atoms with Crippen LogP contribution in [0.5, 0.6) is 0 Å². The summed E-state index contributed by atoms with van der Waals surface area (Å²) >= 11 is 0. The first-order valence-electron chi connectivity index (χ1n) is 3.96. The van der Waals surface area contributed by atoms with E-state index in [0.717, 1.165) is 12.8 Å². The Morgan fingerprint density at radius 2 is 2.25 bits per heavy atom. The number of nitrogens with zero attached hydrogens (tertiary/aromatic N) is 1. The summed E-state index contributed by atoms with van der Waals surface area (Å²) in [4.78, 5) is 0. The molecule has 5 nitrogen and oxygen atoms in total. The summed E-state index contributed by atoms with van der Waals surface area (Å²) in [5, 5.41) is 1.40. The second-order valence-corrected chi connectivity index (χ2v) is 4.46. The first-order valence-corrected chi connectivity index (χ1v) is 5.29. The van der Waals surface area contributed by atoms with Crippen molar-refractivity contribution in [2.75, 3.05) is 6.54 Å². The van der Waals surface area contributed by atoms with Crippen LogP contribution in [0.4, 0.5) is 0 Å². The van der Waals surface area contributed by atoms with Gasteiger partial charge < -0.3 is 0 Å². The average molecular weight is 193 g/mol. The van der Waals surface area contributed by atoms with Gasteiger partial charge in [-0.3, -0.25) is 0 Å². The number of hydrogen-bond acceptors (Lipinski definition) is 5. The molecule has 0 spiro atoms. The van der Waals surface area contributed by atoms with Gasteiger partial charge in [0.15, 0.2) is 6.23 Å². The molecule has 0 aromatic carbocycles. The van der Waals surface area contributed by atoms with E-state index in [0.29, 0.717) is 12.5 Å². The van der Waals surface area contributed by atoms with Crippen LogP contribution in [-0.4, -0.2) is 26.3 Å². The Kier molecular flexibility index (Phi) is 1.87. The van der Waals surface area contributed by atoms with Crippen molar-refractivity contribution >= 4 is 10.4 Å². The Bertz CT molecular complexity index is 275. The first-order chi connectivity index (χ1) is 5.57. The number of hydroxylamine groups is 2. The van der Waals surface area contributed by atoms with E-state index in [4.69, 9.17) is 4.18 Å². The molecule has 2 saturated heterocycles. The highest BCUT2D eigenvalue weighted by Gasteiger charge is 2.41. The number of piperidine rings is 1. The van der Waals surface area contributed by atoms with Crippen molar-refractivity contribution in [3.8, 4) is 0 Å². The predicted molar refractivity (Wildman–Crippen MR) is 40.0 cm³/mol. The van der Waals surface area contributed by atoms with Gasteiger partial charge in [-0.05, 0) is 18.8 Å². The van der Waals surface area contributed by atoms with E-state index in [1.807, 2.05) is 0 Å². The summed E-state index contributed by atoms with van der Waals surface area (Å²) in [5.41, 5.74) is 0. The van der Waals surface area contributed by atoms with E-state index < -0.39 is 16.6 Å². The number of fused-ring (bicyclic) bond motifs is 1. The van der Waals surface area contributed by atoms with Gasteiger partial charge in [-0.1, -0.05) is 6.92 Å². The van der Waals surface area contributed by atoms with Crippen molar-refractivity contribution in [2.45, 2.75) is 26.0 Å². The Labute approximate surface area is 71.5 Å². The van der Waals surface area contributed by atoms with E-state index in [1.165, 1.54) is 5.06 Å². The van der Waals surface area contributed by atoms with Crippen LogP contribution in [0.3, 0.4) is 0 Å². The molecule has 2 heterocycles. The van der Waals surface area contributed by atoms with Gasteiger partial charge in [-0.2, -0.15) is 12.7 Å². The molecule has 0 N–H and O–H groups in total. The molecule has 6 heteroatoms. The largest absolute Gasteiger partial charge is 0.418 e. The molecule has 2 fully saturated rings. The molecule has 0 aromatic rings. The van der Waals surface area contributed by atoms with E-state index in [-0.39, 0.29) is 0 Å². The van der Waals surface area contributed by atoms with Gasteiger partial charge in [0.1, 0.15) is 0 Å². The summed E-state index contributed by atoms with van der Waals surface area (Å²) in [6.07, 6.45) is 1.29. The molecule has 0 aliphatic carbocycles. The SMILES string of the molecule is CC1CCN2OS(=O)(=O)OC2C1. The zero-order valence-corrected chi connectivity index (χ0v) is 7.58. The molecule has 0 bridgehead atoms. The van der Waals surface area contributed by atoms with E-state index in [9.17, 15) is 8.42 Å². The highest BCUT2D eigenvalue weighted by Crippen LogP contribution is 2.30. The van der Waals surface area contributed by atoms with Crippen molar-refractivity contribution in [3.05, 3.63) is 0 Å². The molecule has 12 heavy (non-hydrogen) atoms. The minimum absolute atomic E-state index is 0.390. The minimum Gasteiger partial charge on any atom is -0.226 e. The van der Waals surface area contributed by atoms with Crippen molar-refractivity contribution in [1.82, 2.24) is 5.06 Å². The fourth-order valence-corrected chi connectivity index (χ4v) is 2.40. The lowest BCUT2D eigenvalue weighted by molar-refractivity contribution is -0.125. The van der Waals surface area contributed by atoms with Crippen molar-refractivity contribution in [1.29, 1.82) is 0 Å². The molecular weight excluding hydrogens is 182 g/mol. The zero-order chi connectivity index (χ0) is 8.77. The van der Waals surface area contributed by atoms with Crippen LogP contribution in [0.2, 0.25) is 0 Å². The van der Waals surface area contributed by atoms with Crippen LogP contribution >= 0.6 is 0 Å². The van der Waals surface area contributed by atoms with Gasteiger partial charge in [-0.25, -0.2) is 4.18 Å². The smallest absolute Gasteiger partial charge is 0.226 e. The topological polar surface area (TPSA) is 55.8 Å². The third kappa shape index (κ3) is 1.47. The third-order valence-electron chi connectivity index (χ3n) is 2.18. The van der Waals surface area contributed by atoms with Gasteiger partial charge in [-0.15, -0.1) is 5.06 Å². The van der Waals surface area contributed by atoms with Gasteiger partial charge in [0, 0.05) is 6.54 Å². The maximum absolute atomic E-state index is 10.8. The number of hydrogen-bond donors (Lipinski definition) is 0. The molecule has 2 atom stereocenters. The second-order valence-electron chi connectivity index (χ2n) is 3.30. The van der Waals surface area contributed by atoms with Crippen molar-refractivity contribution < 1.29 is 16.9 Å². The van der Waals surface area contributed by atoms with E-state index >= 15 is 0 Å². The van der Waals surface area contributed by atoms with Gasteiger partial charge in [0.25, 0.3) is 0 Å². The highest BCUT2D eigenvalue weighted by atomic mass is 32.3. The monoisotopic (exact) mass is 193 g/mol. The Hall–Kier alpha value is -0.170. The molecule has 2 unspecified atom stereocenters. The summed E-state index contributed by atoms with van der Waals surface area (Å²) in [7, 11) is -3.73. The standard InChI is InChI=1S/C6H11NO4S/c1-5-2-3-7-6(4-5)10-12(8,9)11-7/h5-6H,2-4H2,1H3. The van der Waals surface area contributed by atoms with Crippen molar-refractivity contribution in [2.24, 2.45) is 5.92 Å². The maximum Gasteiger partial charge on any atom is 0.418 e. The molecule has 0 saturated carbocycles. The Morgan fingerprint density at radius 3 is 3.00 bits per heavy atom. The summed E-state index contributed by atoms with van der Waals surface area (Å²) in [6, 6.07) is 0. The lowest BCUT2D eigenvalue weighted by Gasteiger charge is -2.27. The van der Waals surface area contributed by atoms with Gasteiger partial charge in [0.2, 0.25) is 0 Å². The van der Waals surface area contributed by atoms with Gasteiger partial charge in [0.05, 0.1) is 0 Å². The quantitative estimate of drug-likeness (QED) is 0.552. The molecule has 0 amide bonds. The molecule has 0 radical (unpaired) electrons. The van der Waals surface area contributed by atoms with Crippen LogP contribution in [0, 0.1) is 5.92 Å². The summed E-state index contributed by atoms with van der Waals surface area (Å²) in [6.45, 7) is 2.71. The molecule has 2 aliphatic rings. The Balaban J connectivity index is 2.12. The van der Waals surface area contributed by atoms with E-state index in [2.05, 4.69) is 11.2 Å². The summed E-state index contributed by atoms with van der Waals surface area (Å²) < 4.78 is 30.9. The van der Waals surface area contributed by atoms with E-state index in [1.54, 1.807) is 0 Å². The molecule has 2 aliphatic heterocycles. The third-order valence-corrected chi connectivity index (χ3v) is 3.02. The predicted octanol–water partition coefficient (Wildman–Crippen LogP) is 0.251. The van der Waals surface area contributed by atoms with Crippen LogP contribution < -0.4 is 0 Å². The minimum atomic E-state index is -3.73. The highest BCUT2D eigenvalue weighted by molar-refractivity contribution is 7.82. The Morgan fingerprint density at radius 1 is 1.50 bits per heavy atom. The van der Waals surface area contributed by atoms with Crippen LogP contribution in [0.25, 0.3) is 0 Å². The molecular formula is C6H11NO4S. The number of rotatable bonds is 0. The molecule has 70 valence electrons. The lowest BCUT2D eigenvalue weighted by Crippen LogP contribution is -2.36. The van der Waals surface area contributed by atoms with Gasteiger partial charge >= 0.3 is 10.4 Å². The fourth-order valence-electron chi connectivity index (χ4n) is 1.51. The normalized spacial score (nSPS) is 41.1. The fraction of sp³-hybridized carbons (Fsp3) is 1.00. The summed E-state index contributed by atoms with van der Waals surface area (Å²) in [5.74, 6) is 0.503. The average Bonchev–Trinajstić information content (AvgIpc) is 2.21. The van der Waals surface area contributed by atoms with Crippen LogP contribution in [0.1, 0.15) is 19.8 Å². The van der Waals surface area contributed by atoms with Crippen LogP contribution in [-0.2, 0) is 18.9 Å². The second kappa shape index (κ2) is 2.66. The molecule has 0 aromatic heterocycles. The van der Waals surface area contributed by atoms with Crippen molar-refractivity contribution in [3.63, 3.8) is 0 Å². The maximum atomic E-state index is 10.8.